The van der Waals surface area contributed by atoms with Crippen LogP contribution in [-0.4, -0.2) is 39.0 Å². The Morgan fingerprint density at radius 2 is 1.41 bits per heavy atom. The lowest BCUT2D eigenvalue weighted by molar-refractivity contribution is -0.385. The fourth-order valence-corrected chi connectivity index (χ4v) is 4.24. The molecular weight excluding hydrogens is 698 g/mol. The minimum atomic E-state index is -4.58. The molecule has 20 heteroatoms. The molecular formula is C31H22F6N6O8. The molecule has 0 atom stereocenters. The zero-order valence-corrected chi connectivity index (χ0v) is 25.6. The van der Waals surface area contributed by atoms with Gasteiger partial charge in [-0.15, -0.1) is 0 Å². The molecule has 0 aliphatic carbocycles. The number of benzene rings is 4. The summed E-state index contributed by atoms with van der Waals surface area (Å²) in [5.41, 5.74) is -1.52. The zero-order chi connectivity index (χ0) is 38.1. The lowest BCUT2D eigenvalue weighted by atomic mass is 10.1. The lowest BCUT2D eigenvalue weighted by Crippen LogP contribution is -2.22. The summed E-state index contributed by atoms with van der Waals surface area (Å²) in [7, 11) is 1.09. The van der Waals surface area contributed by atoms with Crippen molar-refractivity contribution >= 4 is 40.1 Å². The van der Waals surface area contributed by atoms with Gasteiger partial charge in [0.15, 0.2) is 6.29 Å². The predicted octanol–water partition coefficient (Wildman–Crippen LogP) is 6.50. The highest BCUT2D eigenvalue weighted by Gasteiger charge is 2.31. The van der Waals surface area contributed by atoms with Crippen molar-refractivity contribution in [2.45, 2.75) is 12.4 Å². The summed E-state index contributed by atoms with van der Waals surface area (Å²) >= 11 is 0. The van der Waals surface area contributed by atoms with Gasteiger partial charge in [-0.25, -0.2) is 4.79 Å². The molecule has 4 aromatic carbocycles. The molecule has 5 aromatic rings. The fourth-order valence-electron chi connectivity index (χ4n) is 4.24. The first-order valence-corrected chi connectivity index (χ1v) is 13.7. The van der Waals surface area contributed by atoms with Crippen molar-refractivity contribution in [1.82, 2.24) is 9.78 Å². The Morgan fingerprint density at radius 1 is 0.863 bits per heavy atom. The minimum absolute atomic E-state index is 0.0592. The number of carbonyl (C=O) groups is 2. The molecule has 0 fully saturated rings. The van der Waals surface area contributed by atoms with E-state index in [0.29, 0.717) is 11.0 Å². The number of hydrazine groups is 1. The van der Waals surface area contributed by atoms with Crippen LogP contribution in [0.1, 0.15) is 31.8 Å². The van der Waals surface area contributed by atoms with Crippen LogP contribution in [0.5, 0.6) is 0 Å². The van der Waals surface area contributed by atoms with Crippen LogP contribution >= 0.6 is 0 Å². The van der Waals surface area contributed by atoms with Crippen molar-refractivity contribution < 1.29 is 50.5 Å². The number of nitrogens with one attached hydrogen (secondary N) is 1. The molecule has 0 bridgehead atoms. The third kappa shape index (κ3) is 9.47. The Bertz CT molecular complexity index is 2150. The van der Waals surface area contributed by atoms with Crippen LogP contribution in [0.25, 0.3) is 16.5 Å². The van der Waals surface area contributed by atoms with E-state index >= 15 is 0 Å². The number of carbonyl (C=O) groups excluding carboxylic acids is 2. The number of ether oxygens (including phenoxy) is 1. The molecule has 0 amide bonds. The smallest absolute Gasteiger partial charge is 0.416 e. The number of non-ortho nitro benzene ring substituents is 1. The van der Waals surface area contributed by atoms with Gasteiger partial charge in [-0.3, -0.25) is 35.7 Å². The molecule has 14 nitrogen and oxygen atoms in total. The molecule has 5 rings (SSSR count). The molecule has 0 saturated carbocycles. The number of esters is 1. The van der Waals surface area contributed by atoms with Crippen LogP contribution in [0.4, 0.5) is 43.4 Å². The van der Waals surface area contributed by atoms with E-state index in [4.69, 9.17) is 5.84 Å². The van der Waals surface area contributed by atoms with Gasteiger partial charge in [0.05, 0.1) is 40.0 Å². The molecule has 51 heavy (non-hydrogen) atoms. The predicted molar refractivity (Wildman–Crippen MR) is 168 cm³/mol. The van der Waals surface area contributed by atoms with Gasteiger partial charge in [-0.2, -0.15) is 36.1 Å². The number of aldehydes is 1. The monoisotopic (exact) mass is 720 g/mol. The maximum Gasteiger partial charge on any atom is 0.416 e. The van der Waals surface area contributed by atoms with E-state index in [1.165, 1.54) is 48.7 Å². The number of fused-ring (bicyclic) bond motifs is 1. The Kier molecular flexibility index (Phi) is 12.3. The number of aromatic nitrogens is 2. The number of methoxy groups -OCH3 is 1. The average Bonchev–Trinajstić information content (AvgIpc) is 3.10. The maximum atomic E-state index is 12.8. The van der Waals surface area contributed by atoms with Crippen molar-refractivity contribution in [3.8, 4) is 5.69 Å². The third-order valence-electron chi connectivity index (χ3n) is 6.55. The first-order valence-electron chi connectivity index (χ1n) is 13.7. The number of hydrogen-bond donors (Lipinski definition) is 2. The summed E-state index contributed by atoms with van der Waals surface area (Å²) in [6, 6.07) is 16.5. The molecule has 0 unspecified atom stereocenters. The number of nitrogens with zero attached hydrogens (tertiary/aromatic N) is 4. The van der Waals surface area contributed by atoms with Crippen molar-refractivity contribution in [3.63, 3.8) is 0 Å². The number of nitrogen functional groups attached to an aromatic ring is 1. The summed E-state index contributed by atoms with van der Waals surface area (Å²) in [4.78, 5) is 54.6. The molecule has 266 valence electrons. The Labute approximate surface area is 280 Å². The summed E-state index contributed by atoms with van der Waals surface area (Å²) in [6.45, 7) is 0. The Balaban J connectivity index is 0.000000224. The Hall–Kier alpha value is -6.70. The van der Waals surface area contributed by atoms with Gasteiger partial charge in [0, 0.05) is 28.8 Å². The second-order valence-corrected chi connectivity index (χ2v) is 9.74. The quantitative estimate of drug-likeness (QED) is 0.0484. The molecule has 0 spiro atoms. The van der Waals surface area contributed by atoms with E-state index in [2.05, 4.69) is 15.3 Å². The van der Waals surface area contributed by atoms with Crippen LogP contribution in [0, 0.1) is 20.2 Å². The minimum Gasteiger partial charge on any atom is -0.465 e. The number of nitro benzene ring substituents is 2. The number of anilines is 1. The van der Waals surface area contributed by atoms with Gasteiger partial charge in [0.25, 0.3) is 16.9 Å². The van der Waals surface area contributed by atoms with Crippen LogP contribution < -0.4 is 16.8 Å². The number of halogens is 6. The van der Waals surface area contributed by atoms with Crippen LogP contribution in [0.15, 0.2) is 95.9 Å². The summed E-state index contributed by atoms with van der Waals surface area (Å²) in [6.07, 6.45) is -7.32. The summed E-state index contributed by atoms with van der Waals surface area (Å²) in [5, 5.41) is 25.5. The number of nitro groups is 2. The van der Waals surface area contributed by atoms with E-state index in [1.54, 1.807) is 0 Å². The van der Waals surface area contributed by atoms with Gasteiger partial charge in [-0.1, -0.05) is 36.4 Å². The Morgan fingerprint density at radius 3 is 1.96 bits per heavy atom. The first kappa shape index (κ1) is 38.7. The standard InChI is InChI=1S/C15H8F3N3O3.C9H7NO5.C7H7F3N2/c16-15(17,18)10-4-2-5-11(7-10)20-14(22)13-9(8-19-20)3-1-6-12(13)21(23)24;1-15-9(12)8-6(5-11)3-2-4-7(8)10(13)14;8-7(9,10)5-2-1-3-6(4-5)12-11/h1-8H;2-5H,1H3;1-4,12H,11H2. The second kappa shape index (κ2) is 16.1. The highest BCUT2D eigenvalue weighted by Crippen LogP contribution is 2.31. The van der Waals surface area contributed by atoms with Crippen LogP contribution in [0.2, 0.25) is 0 Å². The van der Waals surface area contributed by atoms with Crippen molar-refractivity contribution in [1.29, 1.82) is 0 Å². The van der Waals surface area contributed by atoms with Gasteiger partial charge in [-0.05, 0) is 36.4 Å². The molecule has 3 N–H and O–H groups in total. The zero-order valence-electron chi connectivity index (χ0n) is 25.6. The molecule has 1 aromatic heterocycles. The molecule has 0 saturated heterocycles. The fraction of sp³-hybridized carbons (Fsp3) is 0.0968. The topological polar surface area (TPSA) is 203 Å². The third-order valence-corrected chi connectivity index (χ3v) is 6.55. The van der Waals surface area contributed by atoms with Crippen molar-refractivity contribution in [2.24, 2.45) is 5.84 Å². The van der Waals surface area contributed by atoms with Crippen LogP contribution in [-0.2, 0) is 17.1 Å². The lowest BCUT2D eigenvalue weighted by Gasteiger charge is -2.10. The van der Waals surface area contributed by atoms with E-state index in [1.807, 2.05) is 0 Å². The molecule has 1 heterocycles. The average molecular weight is 721 g/mol. The summed E-state index contributed by atoms with van der Waals surface area (Å²) < 4.78 is 79.6. The van der Waals surface area contributed by atoms with Gasteiger partial charge in [0.1, 0.15) is 10.9 Å². The van der Waals surface area contributed by atoms with E-state index in [0.717, 1.165) is 49.6 Å². The number of rotatable bonds is 6. The van der Waals surface area contributed by atoms with E-state index in [9.17, 15) is 61.0 Å². The number of alkyl halides is 6. The van der Waals surface area contributed by atoms with E-state index < -0.39 is 56.2 Å². The second-order valence-electron chi connectivity index (χ2n) is 9.74. The highest BCUT2D eigenvalue weighted by molar-refractivity contribution is 6.01. The number of nitrogens with two attached hydrogens (primary N) is 1. The maximum absolute atomic E-state index is 12.8. The van der Waals surface area contributed by atoms with Gasteiger partial charge >= 0.3 is 18.3 Å². The molecule has 0 aliphatic rings. The molecule has 0 aliphatic heterocycles. The van der Waals surface area contributed by atoms with E-state index in [-0.39, 0.29) is 33.3 Å². The SMILES string of the molecule is COC(=O)c1c(C=O)cccc1[N+](=O)[O-].NNc1cccc(C(F)(F)F)c1.O=c1c2c([N+](=O)[O-])cccc2cnn1-c1cccc(C(F)(F)F)c1. The van der Waals surface area contributed by atoms with Crippen molar-refractivity contribution in [2.75, 3.05) is 12.5 Å². The first-order chi connectivity index (χ1) is 23.9. The van der Waals surface area contributed by atoms with Gasteiger partial charge < -0.3 is 10.2 Å². The largest absolute Gasteiger partial charge is 0.465 e. The highest BCUT2D eigenvalue weighted by atomic mass is 19.4. The number of hydrogen-bond acceptors (Lipinski definition) is 11. The van der Waals surface area contributed by atoms with Crippen molar-refractivity contribution in [3.05, 3.63) is 144 Å². The molecule has 0 radical (unpaired) electrons. The normalized spacial score (nSPS) is 10.9. The van der Waals surface area contributed by atoms with Crippen LogP contribution in [0.3, 0.4) is 0 Å². The summed E-state index contributed by atoms with van der Waals surface area (Å²) in [5.74, 6) is 4.05. The van der Waals surface area contributed by atoms with Gasteiger partial charge in [0.2, 0.25) is 0 Å².